The number of methoxy groups -OCH3 is 1. The van der Waals surface area contributed by atoms with E-state index in [1.807, 2.05) is 71.0 Å². The van der Waals surface area contributed by atoms with E-state index in [-0.39, 0.29) is 17.4 Å². The molecule has 2 bridgehead atoms. The van der Waals surface area contributed by atoms with Gasteiger partial charge in [-0.05, 0) is 66.8 Å². The third-order valence-corrected chi connectivity index (χ3v) is 6.66. The third kappa shape index (κ3) is 3.44. The molecule has 2 atom stereocenters. The van der Waals surface area contributed by atoms with Gasteiger partial charge in [-0.1, -0.05) is 24.3 Å². The number of nitrogens with zero attached hydrogens (tertiary/aromatic N) is 2. The first-order chi connectivity index (χ1) is 15.0. The number of piperidine rings is 1. The number of carbonyl (C=O) groups is 1. The summed E-state index contributed by atoms with van der Waals surface area (Å²) in [6.45, 7) is 4.03. The van der Waals surface area contributed by atoms with E-state index in [0.717, 1.165) is 34.6 Å². The molecule has 1 amide bonds. The molecule has 31 heavy (non-hydrogen) atoms. The Morgan fingerprint density at radius 2 is 1.71 bits per heavy atom. The lowest BCUT2D eigenvalue weighted by Gasteiger charge is -2.43. The van der Waals surface area contributed by atoms with Crippen LogP contribution in [0.3, 0.4) is 0 Å². The topological polar surface area (TPSA) is 51.5 Å². The molecule has 1 fully saturated rings. The maximum absolute atomic E-state index is 13.4. The Morgan fingerprint density at radius 1 is 0.935 bits per heavy atom. The average molecular weight is 415 g/mol. The first-order valence-corrected chi connectivity index (χ1v) is 10.8. The minimum atomic E-state index is 0.0460. The van der Waals surface area contributed by atoms with E-state index in [0.29, 0.717) is 31.1 Å². The fourth-order valence-corrected chi connectivity index (χ4v) is 5.11. The zero-order chi connectivity index (χ0) is 21.5. The molecule has 3 heterocycles. The molecule has 5 heteroatoms. The van der Waals surface area contributed by atoms with Crippen LogP contribution in [0, 0.1) is 12.8 Å². The molecule has 0 radical (unpaired) electrons. The zero-order valence-electron chi connectivity index (χ0n) is 17.9. The van der Waals surface area contributed by atoms with Crippen LogP contribution in [0.25, 0.3) is 11.1 Å². The largest absolute Gasteiger partial charge is 0.497 e. The third-order valence-electron chi connectivity index (χ3n) is 6.66. The fourth-order valence-electron chi connectivity index (χ4n) is 5.11. The number of aromatic nitrogens is 1. The predicted molar refractivity (Wildman–Crippen MR) is 121 cm³/mol. The van der Waals surface area contributed by atoms with Crippen LogP contribution in [-0.4, -0.2) is 35.6 Å². The molecule has 2 aliphatic rings. The molecule has 2 aliphatic heterocycles. The number of amides is 1. The van der Waals surface area contributed by atoms with E-state index in [4.69, 9.17) is 4.74 Å². The Labute approximate surface area is 181 Å². The van der Waals surface area contributed by atoms with Crippen LogP contribution in [0.1, 0.15) is 34.0 Å². The molecular weight excluding hydrogens is 388 g/mol. The van der Waals surface area contributed by atoms with E-state index >= 15 is 0 Å². The number of hydrogen-bond donors (Lipinski definition) is 0. The number of aryl methyl sites for hydroxylation is 1. The fraction of sp³-hybridized carbons (Fsp3) is 0.308. The highest BCUT2D eigenvalue weighted by molar-refractivity contribution is 5.94. The second-order valence-corrected chi connectivity index (χ2v) is 8.64. The standard InChI is InChI=1S/C26H26N2O3/c1-17-5-3-4-6-22(17)23-11-12-24-20-13-18(15-28(24)26(23)30)14-27(16-20)25(29)19-7-9-21(31-2)10-8-19/h3-12,18,20H,13-16H2,1-2H3/t18-,20+/m0/s1. The van der Waals surface area contributed by atoms with Crippen molar-refractivity contribution in [3.63, 3.8) is 0 Å². The average Bonchev–Trinajstić information content (AvgIpc) is 2.80. The van der Waals surface area contributed by atoms with Crippen molar-refractivity contribution in [3.05, 3.63) is 87.8 Å². The maximum Gasteiger partial charge on any atom is 0.258 e. The maximum atomic E-state index is 13.4. The van der Waals surface area contributed by atoms with Gasteiger partial charge in [0.05, 0.1) is 7.11 Å². The van der Waals surface area contributed by atoms with E-state index in [9.17, 15) is 9.59 Å². The van der Waals surface area contributed by atoms with Gasteiger partial charge in [0.1, 0.15) is 5.75 Å². The number of pyridine rings is 1. The number of ether oxygens (including phenoxy) is 1. The van der Waals surface area contributed by atoms with E-state index in [1.54, 1.807) is 7.11 Å². The minimum Gasteiger partial charge on any atom is -0.497 e. The van der Waals surface area contributed by atoms with Crippen molar-refractivity contribution in [2.75, 3.05) is 20.2 Å². The SMILES string of the molecule is COc1ccc(C(=O)N2C[C@@H]3C[C@H](C2)c2ccc(-c4ccccc4C)c(=O)n2C3)cc1. The molecule has 5 rings (SSSR count). The Balaban J connectivity index is 1.44. The molecule has 158 valence electrons. The zero-order valence-corrected chi connectivity index (χ0v) is 17.9. The number of likely N-dealkylation sites (tertiary alicyclic amines) is 1. The van der Waals surface area contributed by atoms with Crippen molar-refractivity contribution in [1.29, 1.82) is 0 Å². The van der Waals surface area contributed by atoms with Gasteiger partial charge in [0, 0.05) is 42.4 Å². The van der Waals surface area contributed by atoms with Gasteiger partial charge in [-0.15, -0.1) is 0 Å². The molecule has 3 aromatic rings. The normalized spacial score (nSPS) is 19.6. The summed E-state index contributed by atoms with van der Waals surface area (Å²) in [5.41, 5.74) is 4.66. The van der Waals surface area contributed by atoms with E-state index < -0.39 is 0 Å². The van der Waals surface area contributed by atoms with Crippen molar-refractivity contribution in [1.82, 2.24) is 9.47 Å². The summed E-state index contributed by atoms with van der Waals surface area (Å²) in [5.74, 6) is 1.26. The minimum absolute atomic E-state index is 0.0460. The molecule has 0 aliphatic carbocycles. The van der Waals surface area contributed by atoms with Gasteiger partial charge >= 0.3 is 0 Å². The lowest BCUT2D eigenvalue weighted by molar-refractivity contribution is 0.0594. The van der Waals surface area contributed by atoms with Crippen LogP contribution in [0.2, 0.25) is 0 Å². The Morgan fingerprint density at radius 3 is 2.45 bits per heavy atom. The molecule has 0 N–H and O–H groups in total. The lowest BCUT2D eigenvalue weighted by atomic mass is 9.82. The van der Waals surface area contributed by atoms with Gasteiger partial charge in [0.15, 0.2) is 0 Å². The van der Waals surface area contributed by atoms with Crippen molar-refractivity contribution in [3.8, 4) is 16.9 Å². The number of hydrogen-bond acceptors (Lipinski definition) is 3. The lowest BCUT2D eigenvalue weighted by Crippen LogP contribution is -2.49. The van der Waals surface area contributed by atoms with Crippen molar-refractivity contribution in [2.45, 2.75) is 25.8 Å². The highest BCUT2D eigenvalue weighted by Crippen LogP contribution is 2.36. The summed E-state index contributed by atoms with van der Waals surface area (Å²) >= 11 is 0. The summed E-state index contributed by atoms with van der Waals surface area (Å²) in [6, 6.07) is 19.3. The van der Waals surface area contributed by atoms with Crippen LogP contribution in [0.15, 0.2) is 65.5 Å². The molecule has 0 spiro atoms. The first kappa shape index (κ1) is 19.6. The van der Waals surface area contributed by atoms with Gasteiger partial charge in [-0.3, -0.25) is 9.59 Å². The molecule has 0 saturated carbocycles. The van der Waals surface area contributed by atoms with Crippen LogP contribution in [0.5, 0.6) is 5.75 Å². The molecule has 1 aromatic heterocycles. The van der Waals surface area contributed by atoms with Crippen LogP contribution in [-0.2, 0) is 6.54 Å². The van der Waals surface area contributed by atoms with Gasteiger partial charge in [-0.2, -0.15) is 0 Å². The van der Waals surface area contributed by atoms with Gasteiger partial charge in [0.25, 0.3) is 11.5 Å². The van der Waals surface area contributed by atoms with Crippen LogP contribution < -0.4 is 10.3 Å². The Kier molecular flexibility index (Phi) is 4.89. The second-order valence-electron chi connectivity index (χ2n) is 8.64. The molecule has 0 unspecified atom stereocenters. The molecule has 2 aromatic carbocycles. The number of benzene rings is 2. The Hall–Kier alpha value is -3.34. The molecular formula is C26H26N2O3. The van der Waals surface area contributed by atoms with Gasteiger partial charge < -0.3 is 14.2 Å². The predicted octanol–water partition coefficient (Wildman–Crippen LogP) is 4.09. The van der Waals surface area contributed by atoms with Gasteiger partial charge in [0.2, 0.25) is 0 Å². The first-order valence-electron chi connectivity index (χ1n) is 10.8. The highest BCUT2D eigenvalue weighted by atomic mass is 16.5. The summed E-state index contributed by atoms with van der Waals surface area (Å²) in [6.07, 6.45) is 1.02. The van der Waals surface area contributed by atoms with E-state index in [2.05, 4.69) is 6.07 Å². The highest BCUT2D eigenvalue weighted by Gasteiger charge is 2.37. The quantitative estimate of drug-likeness (QED) is 0.649. The van der Waals surface area contributed by atoms with Crippen molar-refractivity contribution < 1.29 is 9.53 Å². The number of rotatable bonds is 3. The number of carbonyl (C=O) groups excluding carboxylic acids is 1. The van der Waals surface area contributed by atoms with Crippen LogP contribution >= 0.6 is 0 Å². The second kappa shape index (κ2) is 7.73. The molecule has 1 saturated heterocycles. The number of fused-ring (bicyclic) bond motifs is 4. The summed E-state index contributed by atoms with van der Waals surface area (Å²) in [5, 5.41) is 0. The molecule has 5 nitrogen and oxygen atoms in total. The Bertz CT molecular complexity index is 1200. The van der Waals surface area contributed by atoms with Gasteiger partial charge in [-0.25, -0.2) is 0 Å². The smallest absolute Gasteiger partial charge is 0.258 e. The van der Waals surface area contributed by atoms with Crippen molar-refractivity contribution in [2.24, 2.45) is 5.92 Å². The van der Waals surface area contributed by atoms with Crippen LogP contribution in [0.4, 0.5) is 0 Å². The van der Waals surface area contributed by atoms with Crippen molar-refractivity contribution >= 4 is 5.91 Å². The van der Waals surface area contributed by atoms with E-state index in [1.165, 1.54) is 0 Å². The summed E-state index contributed by atoms with van der Waals surface area (Å²) in [7, 11) is 1.62. The summed E-state index contributed by atoms with van der Waals surface area (Å²) < 4.78 is 7.15. The summed E-state index contributed by atoms with van der Waals surface area (Å²) in [4.78, 5) is 28.4. The monoisotopic (exact) mass is 414 g/mol.